The summed E-state index contributed by atoms with van der Waals surface area (Å²) in [6.45, 7) is 3.29. The average Bonchev–Trinajstić information content (AvgIpc) is 3.19. The molecule has 0 amide bonds. The maximum absolute atomic E-state index is 5.81. The largest absolute Gasteiger partial charge is 0.384 e. The molecule has 2 saturated carbocycles. The molecule has 0 radical (unpaired) electrons. The lowest BCUT2D eigenvalue weighted by Gasteiger charge is -2.12. The third kappa shape index (κ3) is 2.68. The predicted octanol–water partition coefficient (Wildman–Crippen LogP) is 2.39. The van der Waals surface area contributed by atoms with Crippen LogP contribution in [0, 0.1) is 11.8 Å². The van der Waals surface area contributed by atoms with Gasteiger partial charge in [0.2, 0.25) is 0 Å². The van der Waals surface area contributed by atoms with Crippen molar-refractivity contribution in [2.45, 2.75) is 38.5 Å². The molecule has 0 aromatic carbocycles. The fourth-order valence-electron chi connectivity index (χ4n) is 2.20. The molecule has 2 fully saturated rings. The first-order valence-corrected chi connectivity index (χ1v) is 6.60. The maximum atomic E-state index is 5.81. The van der Waals surface area contributed by atoms with Crippen molar-refractivity contribution in [1.29, 1.82) is 0 Å². The maximum Gasteiger partial charge on any atom is 0.136 e. The number of hydrogen-bond donors (Lipinski definition) is 2. The van der Waals surface area contributed by atoms with Crippen LogP contribution in [0.4, 0.5) is 11.6 Å². The van der Waals surface area contributed by atoms with Gasteiger partial charge in [0, 0.05) is 18.5 Å². The summed E-state index contributed by atoms with van der Waals surface area (Å²) < 4.78 is 0. The number of rotatable bonds is 5. The molecule has 1 atom stereocenters. The summed E-state index contributed by atoms with van der Waals surface area (Å²) in [7, 11) is 0. The smallest absolute Gasteiger partial charge is 0.136 e. The Hall–Kier alpha value is -1.32. The summed E-state index contributed by atoms with van der Waals surface area (Å²) >= 11 is 0. The van der Waals surface area contributed by atoms with Crippen LogP contribution in [0.1, 0.15) is 44.3 Å². The minimum Gasteiger partial charge on any atom is -0.384 e. The SMILES string of the molecule is CC(CNc1cc(N)nc(C2CC2)n1)C1CC1. The van der Waals surface area contributed by atoms with E-state index in [1.165, 1.54) is 25.7 Å². The first kappa shape index (κ1) is 10.8. The van der Waals surface area contributed by atoms with E-state index >= 15 is 0 Å². The summed E-state index contributed by atoms with van der Waals surface area (Å²) in [5, 5.41) is 3.40. The van der Waals surface area contributed by atoms with E-state index in [1.54, 1.807) is 0 Å². The molecular formula is C13H20N4. The number of nitrogen functional groups attached to an aromatic ring is 1. The Morgan fingerprint density at radius 1 is 1.35 bits per heavy atom. The lowest BCUT2D eigenvalue weighted by molar-refractivity contribution is 0.535. The first-order valence-electron chi connectivity index (χ1n) is 6.60. The van der Waals surface area contributed by atoms with Crippen molar-refractivity contribution in [2.24, 2.45) is 11.8 Å². The molecule has 1 aromatic heterocycles. The molecule has 0 bridgehead atoms. The number of aromatic nitrogens is 2. The molecule has 0 saturated heterocycles. The van der Waals surface area contributed by atoms with Crippen LogP contribution in [0.25, 0.3) is 0 Å². The van der Waals surface area contributed by atoms with Gasteiger partial charge in [-0.2, -0.15) is 0 Å². The van der Waals surface area contributed by atoms with Crippen LogP contribution in [0.15, 0.2) is 6.07 Å². The highest BCUT2D eigenvalue weighted by molar-refractivity contribution is 5.45. The van der Waals surface area contributed by atoms with Crippen LogP contribution in [0.2, 0.25) is 0 Å². The van der Waals surface area contributed by atoms with E-state index in [4.69, 9.17) is 5.73 Å². The predicted molar refractivity (Wildman–Crippen MR) is 68.8 cm³/mol. The van der Waals surface area contributed by atoms with Gasteiger partial charge in [-0.3, -0.25) is 0 Å². The molecule has 92 valence electrons. The van der Waals surface area contributed by atoms with Crippen LogP contribution in [0.5, 0.6) is 0 Å². The van der Waals surface area contributed by atoms with Crippen LogP contribution in [0.3, 0.4) is 0 Å². The minimum absolute atomic E-state index is 0.555. The molecule has 17 heavy (non-hydrogen) atoms. The summed E-state index contributed by atoms with van der Waals surface area (Å²) in [6.07, 6.45) is 5.20. The van der Waals surface area contributed by atoms with Crippen molar-refractivity contribution in [3.05, 3.63) is 11.9 Å². The fraction of sp³-hybridized carbons (Fsp3) is 0.692. The van der Waals surface area contributed by atoms with Gasteiger partial charge in [-0.25, -0.2) is 9.97 Å². The van der Waals surface area contributed by atoms with Crippen LogP contribution < -0.4 is 11.1 Å². The fourth-order valence-corrected chi connectivity index (χ4v) is 2.20. The molecule has 4 heteroatoms. The summed E-state index contributed by atoms with van der Waals surface area (Å²) in [5.41, 5.74) is 5.81. The summed E-state index contributed by atoms with van der Waals surface area (Å²) in [6, 6.07) is 1.84. The Morgan fingerprint density at radius 2 is 2.12 bits per heavy atom. The molecule has 0 spiro atoms. The van der Waals surface area contributed by atoms with Gasteiger partial charge in [0.05, 0.1) is 0 Å². The molecule has 4 nitrogen and oxygen atoms in total. The monoisotopic (exact) mass is 232 g/mol. The van der Waals surface area contributed by atoms with E-state index in [1.807, 2.05) is 6.07 Å². The van der Waals surface area contributed by atoms with Crippen LogP contribution >= 0.6 is 0 Å². The molecule has 1 heterocycles. The van der Waals surface area contributed by atoms with Crippen molar-refractivity contribution >= 4 is 11.6 Å². The number of nitrogens with one attached hydrogen (secondary N) is 1. The Labute approximate surface area is 102 Å². The molecule has 3 rings (SSSR count). The van der Waals surface area contributed by atoms with E-state index in [9.17, 15) is 0 Å². The minimum atomic E-state index is 0.555. The molecular weight excluding hydrogens is 212 g/mol. The zero-order valence-corrected chi connectivity index (χ0v) is 10.3. The quantitative estimate of drug-likeness (QED) is 0.818. The van der Waals surface area contributed by atoms with Gasteiger partial charge < -0.3 is 11.1 Å². The summed E-state index contributed by atoms with van der Waals surface area (Å²) in [4.78, 5) is 8.84. The van der Waals surface area contributed by atoms with Gasteiger partial charge in [0.1, 0.15) is 17.5 Å². The topological polar surface area (TPSA) is 63.8 Å². The van der Waals surface area contributed by atoms with E-state index < -0.39 is 0 Å². The lowest BCUT2D eigenvalue weighted by atomic mass is 10.1. The Bertz CT molecular complexity index is 410. The lowest BCUT2D eigenvalue weighted by Crippen LogP contribution is -2.14. The second kappa shape index (κ2) is 4.17. The number of hydrogen-bond acceptors (Lipinski definition) is 4. The van der Waals surface area contributed by atoms with E-state index in [2.05, 4.69) is 22.2 Å². The van der Waals surface area contributed by atoms with Crippen molar-refractivity contribution in [2.75, 3.05) is 17.6 Å². The second-order valence-corrected chi connectivity index (χ2v) is 5.51. The zero-order chi connectivity index (χ0) is 11.8. The Morgan fingerprint density at radius 3 is 2.76 bits per heavy atom. The van der Waals surface area contributed by atoms with Crippen molar-refractivity contribution < 1.29 is 0 Å². The van der Waals surface area contributed by atoms with Crippen molar-refractivity contribution in [3.8, 4) is 0 Å². The van der Waals surface area contributed by atoms with Crippen molar-refractivity contribution in [3.63, 3.8) is 0 Å². The first-order chi connectivity index (χ1) is 8.22. The van der Waals surface area contributed by atoms with Crippen LogP contribution in [-0.4, -0.2) is 16.5 Å². The van der Waals surface area contributed by atoms with Gasteiger partial charge in [-0.15, -0.1) is 0 Å². The van der Waals surface area contributed by atoms with Gasteiger partial charge in [-0.05, 0) is 37.5 Å². The highest BCUT2D eigenvalue weighted by atomic mass is 15.1. The number of anilines is 2. The van der Waals surface area contributed by atoms with Gasteiger partial charge >= 0.3 is 0 Å². The normalized spacial score (nSPS) is 21.2. The van der Waals surface area contributed by atoms with E-state index in [-0.39, 0.29) is 0 Å². The number of nitrogens with zero attached hydrogens (tertiary/aromatic N) is 2. The molecule has 2 aliphatic carbocycles. The highest BCUT2D eigenvalue weighted by Gasteiger charge is 2.28. The van der Waals surface area contributed by atoms with Gasteiger partial charge in [0.15, 0.2) is 0 Å². The molecule has 0 aliphatic heterocycles. The Kier molecular flexibility index (Phi) is 2.65. The third-order valence-electron chi connectivity index (χ3n) is 3.74. The Balaban J connectivity index is 1.64. The zero-order valence-electron chi connectivity index (χ0n) is 10.3. The molecule has 1 aromatic rings. The van der Waals surface area contributed by atoms with E-state index in [0.29, 0.717) is 11.7 Å². The third-order valence-corrected chi connectivity index (χ3v) is 3.74. The van der Waals surface area contributed by atoms with Gasteiger partial charge in [0.25, 0.3) is 0 Å². The standard InChI is InChI=1S/C13H20N4/c1-8(9-2-3-9)7-15-12-6-11(14)16-13(17-12)10-4-5-10/h6,8-10H,2-5,7H2,1H3,(H3,14,15,16,17). The average molecular weight is 232 g/mol. The van der Waals surface area contributed by atoms with Gasteiger partial charge in [-0.1, -0.05) is 6.92 Å². The molecule has 3 N–H and O–H groups in total. The number of nitrogens with two attached hydrogens (primary N) is 1. The highest BCUT2D eigenvalue weighted by Crippen LogP contribution is 2.39. The summed E-state index contributed by atoms with van der Waals surface area (Å²) in [5.74, 6) is 4.61. The molecule has 1 unspecified atom stereocenters. The molecule has 2 aliphatic rings. The second-order valence-electron chi connectivity index (χ2n) is 5.51. The van der Waals surface area contributed by atoms with Crippen molar-refractivity contribution in [1.82, 2.24) is 9.97 Å². The van der Waals surface area contributed by atoms with E-state index in [0.717, 1.165) is 30.0 Å². The van der Waals surface area contributed by atoms with Crippen LogP contribution in [-0.2, 0) is 0 Å².